The highest BCUT2D eigenvalue weighted by Gasteiger charge is 2.03. The molecule has 21 heavy (non-hydrogen) atoms. The molecule has 0 N–H and O–H groups in total. The van der Waals surface area contributed by atoms with Gasteiger partial charge < -0.3 is 4.74 Å². The van der Waals surface area contributed by atoms with Crippen molar-refractivity contribution in [3.8, 4) is 5.75 Å². The summed E-state index contributed by atoms with van der Waals surface area (Å²) >= 11 is 0. The molecule has 0 aromatic heterocycles. The first-order valence-corrected chi connectivity index (χ1v) is 7.54. The third-order valence-electron chi connectivity index (χ3n) is 3.44. The van der Waals surface area contributed by atoms with E-state index in [-0.39, 0.29) is 0 Å². The Hall–Kier alpha value is -2.02. The Morgan fingerprint density at radius 1 is 1.05 bits per heavy atom. The Labute approximate surface area is 128 Å². The van der Waals surface area contributed by atoms with Crippen LogP contribution in [0.4, 0.5) is 0 Å². The Morgan fingerprint density at radius 2 is 1.76 bits per heavy atom. The van der Waals surface area contributed by atoms with Crippen LogP contribution < -0.4 is 4.74 Å². The molecule has 1 heteroatoms. The van der Waals surface area contributed by atoms with Crippen molar-refractivity contribution >= 4 is 6.08 Å². The third-order valence-corrected chi connectivity index (χ3v) is 3.44. The van der Waals surface area contributed by atoms with Crippen LogP contribution in [0.3, 0.4) is 0 Å². The molecule has 0 saturated heterocycles. The Bertz CT molecular complexity index is 617. The molecule has 0 fully saturated rings. The third kappa shape index (κ3) is 4.49. The maximum atomic E-state index is 5.99. The smallest absolute Gasteiger partial charge is 0.123 e. The van der Waals surface area contributed by atoms with Gasteiger partial charge in [-0.15, -0.1) is 0 Å². The van der Waals surface area contributed by atoms with Crippen molar-refractivity contribution in [2.45, 2.75) is 40.7 Å². The molecule has 2 aromatic rings. The van der Waals surface area contributed by atoms with Gasteiger partial charge in [-0.1, -0.05) is 54.5 Å². The van der Waals surface area contributed by atoms with Crippen LogP contribution in [-0.4, -0.2) is 0 Å². The number of aryl methyl sites for hydroxylation is 2. The van der Waals surface area contributed by atoms with E-state index >= 15 is 0 Å². The molecule has 2 aromatic carbocycles. The molecule has 0 spiro atoms. The van der Waals surface area contributed by atoms with Crippen LogP contribution in [0.1, 0.15) is 43.0 Å². The number of hydrogen-bond donors (Lipinski definition) is 0. The maximum absolute atomic E-state index is 5.99. The first-order valence-electron chi connectivity index (χ1n) is 7.54. The minimum Gasteiger partial charge on any atom is -0.489 e. The van der Waals surface area contributed by atoms with Crippen LogP contribution in [0.5, 0.6) is 5.75 Å². The molecule has 0 saturated carbocycles. The molecule has 0 aliphatic heterocycles. The lowest BCUT2D eigenvalue weighted by molar-refractivity contribution is 0.303. The van der Waals surface area contributed by atoms with E-state index in [1.165, 1.54) is 27.8 Å². The quantitative estimate of drug-likeness (QED) is 0.696. The highest BCUT2D eigenvalue weighted by atomic mass is 16.5. The van der Waals surface area contributed by atoms with E-state index in [9.17, 15) is 0 Å². The molecule has 0 aliphatic rings. The van der Waals surface area contributed by atoms with Gasteiger partial charge in [0.25, 0.3) is 0 Å². The number of ether oxygens (including phenoxy) is 1. The highest BCUT2D eigenvalue weighted by Crippen LogP contribution is 2.23. The topological polar surface area (TPSA) is 9.23 Å². The maximum Gasteiger partial charge on any atom is 0.123 e. The minimum absolute atomic E-state index is 0.620. The summed E-state index contributed by atoms with van der Waals surface area (Å²) in [6.45, 7) is 9.12. The van der Waals surface area contributed by atoms with Gasteiger partial charge in [0.2, 0.25) is 0 Å². The van der Waals surface area contributed by atoms with E-state index in [0.29, 0.717) is 6.61 Å². The molecule has 0 aliphatic carbocycles. The molecule has 0 radical (unpaired) electrons. The van der Waals surface area contributed by atoms with Gasteiger partial charge in [0.05, 0.1) is 0 Å². The van der Waals surface area contributed by atoms with Crippen molar-refractivity contribution < 1.29 is 4.74 Å². The van der Waals surface area contributed by atoms with Crippen LogP contribution in [0, 0.1) is 6.92 Å². The predicted octanol–water partition coefficient (Wildman–Crippen LogP) is 5.56. The molecule has 110 valence electrons. The van der Waals surface area contributed by atoms with Gasteiger partial charge in [-0.05, 0) is 56.0 Å². The minimum atomic E-state index is 0.620. The summed E-state index contributed by atoms with van der Waals surface area (Å²) in [6, 6.07) is 14.9. The lowest BCUT2D eigenvalue weighted by Crippen LogP contribution is -1.98. The molecule has 0 heterocycles. The van der Waals surface area contributed by atoms with Gasteiger partial charge in [0.1, 0.15) is 12.4 Å². The largest absolute Gasteiger partial charge is 0.489 e. The number of benzene rings is 2. The van der Waals surface area contributed by atoms with E-state index in [0.717, 1.165) is 12.2 Å². The summed E-state index contributed by atoms with van der Waals surface area (Å²) in [6.07, 6.45) is 3.18. The van der Waals surface area contributed by atoms with Gasteiger partial charge in [-0.25, -0.2) is 0 Å². The number of hydrogen-bond acceptors (Lipinski definition) is 1. The Morgan fingerprint density at radius 3 is 2.38 bits per heavy atom. The molecule has 0 atom stereocenters. The van der Waals surface area contributed by atoms with Crippen LogP contribution in [-0.2, 0) is 13.0 Å². The molecule has 0 bridgehead atoms. The lowest BCUT2D eigenvalue weighted by atomic mass is 10.1. The average molecular weight is 280 g/mol. The summed E-state index contributed by atoms with van der Waals surface area (Å²) in [5, 5.41) is 0. The van der Waals surface area contributed by atoms with Crippen LogP contribution in [0.15, 0.2) is 48.0 Å². The summed E-state index contributed by atoms with van der Waals surface area (Å²) in [7, 11) is 0. The second-order valence-electron chi connectivity index (χ2n) is 5.72. The van der Waals surface area contributed by atoms with Gasteiger partial charge in [0, 0.05) is 0 Å². The van der Waals surface area contributed by atoms with Crippen molar-refractivity contribution in [2.75, 3.05) is 0 Å². The molecule has 0 unspecified atom stereocenters. The molecule has 1 nitrogen and oxygen atoms in total. The molecular formula is C20H24O. The van der Waals surface area contributed by atoms with E-state index in [4.69, 9.17) is 4.74 Å². The zero-order chi connectivity index (χ0) is 15.2. The first kappa shape index (κ1) is 15.4. The first-order chi connectivity index (χ1) is 10.1. The fraction of sp³-hybridized carbons (Fsp3) is 0.300. The monoisotopic (exact) mass is 280 g/mol. The molecule has 2 rings (SSSR count). The Balaban J connectivity index is 2.12. The fourth-order valence-corrected chi connectivity index (χ4v) is 2.28. The van der Waals surface area contributed by atoms with Gasteiger partial charge in [-0.2, -0.15) is 0 Å². The van der Waals surface area contributed by atoms with Crippen molar-refractivity contribution in [3.63, 3.8) is 0 Å². The Kier molecular flexibility index (Phi) is 5.21. The predicted molar refractivity (Wildman–Crippen MR) is 90.7 cm³/mol. The summed E-state index contributed by atoms with van der Waals surface area (Å²) in [5.74, 6) is 0.990. The van der Waals surface area contributed by atoms with Crippen LogP contribution in [0.2, 0.25) is 0 Å². The zero-order valence-electron chi connectivity index (χ0n) is 13.4. The second kappa shape index (κ2) is 7.12. The van der Waals surface area contributed by atoms with Crippen LogP contribution in [0.25, 0.3) is 6.08 Å². The highest BCUT2D eigenvalue weighted by molar-refractivity contribution is 5.55. The second-order valence-corrected chi connectivity index (χ2v) is 5.72. The summed E-state index contributed by atoms with van der Waals surface area (Å²) < 4.78 is 5.99. The van der Waals surface area contributed by atoms with Gasteiger partial charge in [-0.3, -0.25) is 0 Å². The number of allylic oxidation sites excluding steroid dienone is 1. The van der Waals surface area contributed by atoms with Crippen molar-refractivity contribution in [1.29, 1.82) is 0 Å². The van der Waals surface area contributed by atoms with E-state index in [1.807, 2.05) is 0 Å². The summed E-state index contributed by atoms with van der Waals surface area (Å²) in [5.41, 5.74) is 6.30. The summed E-state index contributed by atoms with van der Waals surface area (Å²) in [4.78, 5) is 0. The van der Waals surface area contributed by atoms with E-state index < -0.39 is 0 Å². The van der Waals surface area contributed by atoms with Gasteiger partial charge >= 0.3 is 0 Å². The van der Waals surface area contributed by atoms with E-state index in [2.05, 4.69) is 76.2 Å². The standard InChI is InChI=1S/C20H24O/c1-5-19-13-18(12-15(2)3)10-11-20(19)21-14-17-8-6-16(4)7-9-17/h6-13H,5,14H2,1-4H3. The number of rotatable bonds is 5. The molecular weight excluding hydrogens is 256 g/mol. The van der Waals surface area contributed by atoms with Crippen molar-refractivity contribution in [3.05, 3.63) is 70.3 Å². The SMILES string of the molecule is CCc1cc(C=C(C)C)ccc1OCc1ccc(C)cc1. The van der Waals surface area contributed by atoms with Crippen LogP contribution >= 0.6 is 0 Å². The zero-order valence-corrected chi connectivity index (χ0v) is 13.4. The fourth-order valence-electron chi connectivity index (χ4n) is 2.28. The molecule has 0 amide bonds. The van der Waals surface area contributed by atoms with Gasteiger partial charge in [0.15, 0.2) is 0 Å². The lowest BCUT2D eigenvalue weighted by Gasteiger charge is -2.12. The van der Waals surface area contributed by atoms with Crippen molar-refractivity contribution in [2.24, 2.45) is 0 Å². The average Bonchev–Trinajstić information content (AvgIpc) is 2.47. The van der Waals surface area contributed by atoms with Crippen molar-refractivity contribution in [1.82, 2.24) is 0 Å². The normalized spacial score (nSPS) is 10.3. The van der Waals surface area contributed by atoms with E-state index in [1.54, 1.807) is 0 Å².